The number of benzene rings is 1. The summed E-state index contributed by atoms with van der Waals surface area (Å²) in [7, 11) is 1.90. The average Bonchev–Trinajstić information content (AvgIpc) is 2.25. The predicted octanol–water partition coefficient (Wildman–Crippen LogP) is 3.00. The maximum Gasteiger partial charge on any atom is 0.328 e. The van der Waals surface area contributed by atoms with Crippen molar-refractivity contribution in [1.82, 2.24) is 0 Å². The molecule has 1 rings (SSSR count). The summed E-state index contributed by atoms with van der Waals surface area (Å²) >= 11 is 3.49. The van der Waals surface area contributed by atoms with Gasteiger partial charge >= 0.3 is 9.28 Å². The fourth-order valence-corrected chi connectivity index (χ4v) is 3.92. The van der Waals surface area contributed by atoms with Crippen LogP contribution in [0.2, 0.25) is 0 Å². The fourth-order valence-electron chi connectivity index (χ4n) is 1.75. The van der Waals surface area contributed by atoms with Crippen LogP contribution >= 0.6 is 15.9 Å². The van der Waals surface area contributed by atoms with E-state index in [-0.39, 0.29) is 0 Å². The van der Waals surface area contributed by atoms with Gasteiger partial charge in [0.05, 0.1) is 0 Å². The first-order chi connectivity index (χ1) is 7.22. The van der Waals surface area contributed by atoms with Crippen LogP contribution in [0.3, 0.4) is 0 Å². The van der Waals surface area contributed by atoms with Crippen LogP contribution in [0.1, 0.15) is 24.4 Å². The predicted molar refractivity (Wildman–Crippen MR) is 68.3 cm³/mol. The molecule has 84 valence electrons. The molecule has 0 heterocycles. The van der Waals surface area contributed by atoms with Crippen molar-refractivity contribution in [2.45, 2.75) is 18.9 Å². The van der Waals surface area contributed by atoms with Gasteiger partial charge in [-0.1, -0.05) is 35.0 Å². The number of hydrogen-bond donors (Lipinski definition) is 0. The molecule has 0 amide bonds. The van der Waals surface area contributed by atoms with Crippen LogP contribution in [0.4, 0.5) is 0 Å². The first-order valence-electron chi connectivity index (χ1n) is 5.04. The number of halogens is 1. The smallest absolute Gasteiger partial charge is 0.328 e. The Labute approximate surface area is 102 Å². The topological polar surface area (TPSA) is 18.5 Å². The zero-order valence-corrected chi connectivity index (χ0v) is 12.1. The summed E-state index contributed by atoms with van der Waals surface area (Å²) in [5.41, 5.74) is 1.71. The van der Waals surface area contributed by atoms with E-state index in [2.05, 4.69) is 41.1 Å². The molecule has 0 spiro atoms. The van der Waals surface area contributed by atoms with Gasteiger partial charge in [0, 0.05) is 24.2 Å². The lowest BCUT2D eigenvalue weighted by Crippen LogP contribution is -2.28. The molecule has 1 aromatic carbocycles. The quantitative estimate of drug-likeness (QED) is 0.776. The van der Waals surface area contributed by atoms with Gasteiger partial charge in [0.2, 0.25) is 0 Å². The molecule has 15 heavy (non-hydrogen) atoms. The van der Waals surface area contributed by atoms with Crippen LogP contribution in [0.5, 0.6) is 0 Å². The molecule has 1 aromatic rings. The second-order valence-corrected chi connectivity index (χ2v) is 6.81. The molecule has 0 radical (unpaired) electrons. The van der Waals surface area contributed by atoms with Gasteiger partial charge in [-0.2, -0.15) is 0 Å². The number of rotatable bonds is 5. The molecule has 0 saturated carbocycles. The van der Waals surface area contributed by atoms with E-state index in [0.717, 1.165) is 10.9 Å². The third-order valence-electron chi connectivity index (χ3n) is 2.51. The van der Waals surface area contributed by atoms with Crippen LogP contribution in [0, 0.1) is 0 Å². The molecule has 1 unspecified atom stereocenters. The summed E-state index contributed by atoms with van der Waals surface area (Å²) in [6.07, 6.45) is 1.05. The van der Waals surface area contributed by atoms with E-state index in [1.54, 1.807) is 14.2 Å². The minimum absolute atomic E-state index is 0.414. The van der Waals surface area contributed by atoms with Gasteiger partial charge in [0.1, 0.15) is 0 Å². The highest BCUT2D eigenvalue weighted by atomic mass is 79.9. The lowest BCUT2D eigenvalue weighted by Gasteiger charge is -2.21. The summed E-state index contributed by atoms with van der Waals surface area (Å²) in [4.78, 5) is 0. The van der Waals surface area contributed by atoms with Crippen molar-refractivity contribution < 1.29 is 8.85 Å². The third-order valence-corrected chi connectivity index (χ3v) is 5.45. The SMILES string of the molecule is CCC(c1cccc(Br)c1)[SiH](OC)OC. The first-order valence-corrected chi connectivity index (χ1v) is 7.44. The van der Waals surface area contributed by atoms with Crippen LogP contribution in [-0.4, -0.2) is 23.5 Å². The van der Waals surface area contributed by atoms with Gasteiger partial charge in [0.25, 0.3) is 0 Å². The van der Waals surface area contributed by atoms with E-state index >= 15 is 0 Å². The normalized spacial score (nSPS) is 13.1. The highest BCUT2D eigenvalue weighted by Crippen LogP contribution is 2.25. The Kier molecular flexibility index (Phi) is 5.53. The van der Waals surface area contributed by atoms with Crippen molar-refractivity contribution in [2.75, 3.05) is 14.2 Å². The Morgan fingerprint density at radius 3 is 2.47 bits per heavy atom. The Hall–Kier alpha value is -0.163. The lowest BCUT2D eigenvalue weighted by molar-refractivity contribution is 0.265. The van der Waals surface area contributed by atoms with Gasteiger partial charge in [-0.15, -0.1) is 0 Å². The second-order valence-electron chi connectivity index (χ2n) is 3.41. The molecule has 0 fully saturated rings. The minimum atomic E-state index is -1.58. The molecule has 4 heteroatoms. The molecule has 2 nitrogen and oxygen atoms in total. The summed E-state index contributed by atoms with van der Waals surface area (Å²) < 4.78 is 12.0. The molecule has 0 N–H and O–H groups in total. The third kappa shape index (κ3) is 3.41. The molecule has 0 saturated heterocycles. The molecule has 0 aliphatic rings. The van der Waals surface area contributed by atoms with Gasteiger partial charge in [-0.3, -0.25) is 0 Å². The van der Waals surface area contributed by atoms with E-state index < -0.39 is 9.28 Å². The minimum Gasteiger partial charge on any atom is -0.400 e. The van der Waals surface area contributed by atoms with Crippen LogP contribution in [-0.2, 0) is 8.85 Å². The molecular formula is C11H17BrO2Si. The summed E-state index contributed by atoms with van der Waals surface area (Å²) in [6.45, 7) is 2.17. The van der Waals surface area contributed by atoms with Gasteiger partial charge in [-0.25, -0.2) is 0 Å². The van der Waals surface area contributed by atoms with Gasteiger partial charge in [0.15, 0.2) is 0 Å². The summed E-state index contributed by atoms with van der Waals surface area (Å²) in [6, 6.07) is 8.37. The van der Waals surface area contributed by atoms with Crippen LogP contribution in [0.25, 0.3) is 0 Å². The van der Waals surface area contributed by atoms with E-state index in [0.29, 0.717) is 5.54 Å². The zero-order valence-electron chi connectivity index (χ0n) is 9.37. The fraction of sp³-hybridized carbons (Fsp3) is 0.455. The Balaban J connectivity index is 2.90. The molecular weight excluding hydrogens is 272 g/mol. The van der Waals surface area contributed by atoms with Crippen molar-refractivity contribution >= 4 is 25.2 Å². The maximum atomic E-state index is 5.45. The maximum absolute atomic E-state index is 5.45. The standard InChI is InChI=1S/C11H17BrO2Si/c1-4-11(15(13-2)14-3)9-6-5-7-10(12)8-9/h5-8,11,15H,4H2,1-3H3. The first kappa shape index (κ1) is 12.9. The Bertz CT molecular complexity index is 302. The molecule has 0 aromatic heterocycles. The van der Waals surface area contributed by atoms with Crippen molar-refractivity contribution in [2.24, 2.45) is 0 Å². The van der Waals surface area contributed by atoms with Crippen molar-refractivity contribution in [3.63, 3.8) is 0 Å². The highest BCUT2D eigenvalue weighted by molar-refractivity contribution is 9.10. The van der Waals surface area contributed by atoms with Crippen molar-refractivity contribution in [1.29, 1.82) is 0 Å². The van der Waals surface area contributed by atoms with Crippen LogP contribution in [0.15, 0.2) is 28.7 Å². The molecule has 0 aliphatic heterocycles. The van der Waals surface area contributed by atoms with E-state index in [1.165, 1.54) is 5.56 Å². The zero-order chi connectivity index (χ0) is 11.3. The largest absolute Gasteiger partial charge is 0.400 e. The number of hydrogen-bond acceptors (Lipinski definition) is 2. The molecule has 0 bridgehead atoms. The van der Waals surface area contributed by atoms with E-state index in [9.17, 15) is 0 Å². The summed E-state index contributed by atoms with van der Waals surface area (Å²) in [5, 5.41) is 0. The Morgan fingerprint density at radius 1 is 1.33 bits per heavy atom. The Morgan fingerprint density at radius 2 is 2.00 bits per heavy atom. The lowest BCUT2D eigenvalue weighted by atomic mass is 10.1. The second kappa shape index (κ2) is 6.43. The van der Waals surface area contributed by atoms with E-state index in [1.807, 2.05) is 6.07 Å². The van der Waals surface area contributed by atoms with E-state index in [4.69, 9.17) is 8.85 Å². The van der Waals surface area contributed by atoms with Gasteiger partial charge in [-0.05, 0) is 24.1 Å². The van der Waals surface area contributed by atoms with Crippen LogP contribution < -0.4 is 0 Å². The molecule has 0 aliphatic carbocycles. The monoisotopic (exact) mass is 288 g/mol. The molecule has 1 atom stereocenters. The highest BCUT2D eigenvalue weighted by Gasteiger charge is 2.24. The van der Waals surface area contributed by atoms with Crippen molar-refractivity contribution in [3.8, 4) is 0 Å². The van der Waals surface area contributed by atoms with Crippen molar-refractivity contribution in [3.05, 3.63) is 34.3 Å². The summed E-state index contributed by atoms with van der Waals surface area (Å²) in [5.74, 6) is 0. The van der Waals surface area contributed by atoms with Gasteiger partial charge < -0.3 is 8.85 Å². The average molecular weight is 289 g/mol.